The molecule has 2 heterocycles. The number of carbonyl (C=O) groups is 1. The lowest BCUT2D eigenvalue weighted by molar-refractivity contribution is 0.0671. The van der Waals surface area contributed by atoms with E-state index < -0.39 is 0 Å². The number of hydrogen-bond acceptors (Lipinski definition) is 4. The Labute approximate surface area is 166 Å². The highest BCUT2D eigenvalue weighted by molar-refractivity contribution is 5.95. The highest BCUT2D eigenvalue weighted by Crippen LogP contribution is 2.28. The zero-order valence-electron chi connectivity index (χ0n) is 16.5. The minimum absolute atomic E-state index is 0.00269. The Morgan fingerprint density at radius 3 is 2.61 bits per heavy atom. The Bertz CT molecular complexity index is 928. The first-order valence-corrected chi connectivity index (χ1v) is 9.43. The van der Waals surface area contributed by atoms with Crippen LogP contribution in [0.15, 0.2) is 67.1 Å². The van der Waals surface area contributed by atoms with Gasteiger partial charge in [-0.3, -0.25) is 14.8 Å². The van der Waals surface area contributed by atoms with Crippen molar-refractivity contribution in [1.82, 2.24) is 14.9 Å². The average Bonchev–Trinajstić information content (AvgIpc) is 2.77. The molecule has 0 bridgehead atoms. The van der Waals surface area contributed by atoms with Gasteiger partial charge in [0.1, 0.15) is 11.4 Å². The summed E-state index contributed by atoms with van der Waals surface area (Å²) in [4.78, 5) is 23.7. The summed E-state index contributed by atoms with van der Waals surface area (Å²) in [5.74, 6) is 0.686. The van der Waals surface area contributed by atoms with E-state index in [2.05, 4.69) is 23.8 Å². The van der Waals surface area contributed by atoms with Crippen LogP contribution in [0.5, 0.6) is 5.75 Å². The van der Waals surface area contributed by atoms with Gasteiger partial charge in [-0.25, -0.2) is 0 Å². The van der Waals surface area contributed by atoms with E-state index >= 15 is 0 Å². The van der Waals surface area contributed by atoms with Crippen LogP contribution in [0, 0.1) is 0 Å². The number of benzene rings is 1. The zero-order valence-corrected chi connectivity index (χ0v) is 16.5. The summed E-state index contributed by atoms with van der Waals surface area (Å²) >= 11 is 0. The van der Waals surface area contributed by atoms with Gasteiger partial charge in [0, 0.05) is 42.3 Å². The van der Waals surface area contributed by atoms with E-state index in [1.54, 1.807) is 25.7 Å². The molecule has 2 aromatic heterocycles. The highest BCUT2D eigenvalue weighted by atomic mass is 16.5. The van der Waals surface area contributed by atoms with Gasteiger partial charge in [0.2, 0.25) is 0 Å². The Morgan fingerprint density at radius 1 is 1.11 bits per heavy atom. The van der Waals surface area contributed by atoms with Gasteiger partial charge in [0.15, 0.2) is 0 Å². The van der Waals surface area contributed by atoms with Crippen molar-refractivity contribution in [3.63, 3.8) is 0 Å². The smallest absolute Gasteiger partial charge is 0.254 e. The monoisotopic (exact) mass is 375 g/mol. The van der Waals surface area contributed by atoms with E-state index in [9.17, 15) is 4.79 Å². The second kappa shape index (κ2) is 9.13. The fourth-order valence-electron chi connectivity index (χ4n) is 3.07. The molecule has 28 heavy (non-hydrogen) atoms. The number of amides is 1. The molecule has 3 rings (SSSR count). The van der Waals surface area contributed by atoms with Crippen LogP contribution < -0.4 is 4.74 Å². The van der Waals surface area contributed by atoms with Crippen molar-refractivity contribution < 1.29 is 9.53 Å². The fourth-order valence-corrected chi connectivity index (χ4v) is 3.07. The van der Waals surface area contributed by atoms with Crippen molar-refractivity contribution in [2.45, 2.75) is 32.9 Å². The molecule has 0 unspecified atom stereocenters. The van der Waals surface area contributed by atoms with Crippen molar-refractivity contribution in [2.75, 3.05) is 7.11 Å². The molecule has 1 atom stereocenters. The molecule has 0 N–H and O–H groups in total. The Balaban J connectivity index is 1.93. The molecule has 0 aliphatic heterocycles. The standard InChI is InChI=1S/C23H25N3O2/c1-4-17(2)26(16-18-10-13-24-14-11-18)23(27)20-8-5-7-19(15-20)22-21(28-3)9-6-12-25-22/h5-15,17H,4,16H2,1-3H3/t17-/m0/s1. The van der Waals surface area contributed by atoms with Crippen molar-refractivity contribution in [3.8, 4) is 17.0 Å². The van der Waals surface area contributed by atoms with Gasteiger partial charge in [-0.2, -0.15) is 0 Å². The SMILES string of the molecule is CC[C@H](C)N(Cc1ccncc1)C(=O)c1cccc(-c2ncccc2OC)c1. The molecule has 144 valence electrons. The molecule has 1 aromatic carbocycles. The van der Waals surface area contributed by atoms with E-state index in [-0.39, 0.29) is 11.9 Å². The molecular weight excluding hydrogens is 350 g/mol. The second-order valence-corrected chi connectivity index (χ2v) is 6.68. The van der Waals surface area contributed by atoms with Crippen LogP contribution in [0.1, 0.15) is 36.2 Å². The van der Waals surface area contributed by atoms with Crippen LogP contribution >= 0.6 is 0 Å². The van der Waals surface area contributed by atoms with Crippen LogP contribution in [0.2, 0.25) is 0 Å². The molecule has 0 fully saturated rings. The molecule has 0 saturated heterocycles. The third-order valence-corrected chi connectivity index (χ3v) is 4.86. The number of rotatable bonds is 7. The molecular formula is C23H25N3O2. The molecule has 5 heteroatoms. The van der Waals surface area contributed by atoms with E-state index in [1.165, 1.54) is 0 Å². The lowest BCUT2D eigenvalue weighted by atomic mass is 10.0. The molecule has 1 amide bonds. The molecule has 0 saturated carbocycles. The number of pyridine rings is 2. The predicted octanol–water partition coefficient (Wildman–Crippen LogP) is 4.59. The minimum atomic E-state index is 0.00269. The summed E-state index contributed by atoms with van der Waals surface area (Å²) in [6, 6.07) is 15.3. The number of methoxy groups -OCH3 is 1. The quantitative estimate of drug-likeness (QED) is 0.606. The van der Waals surface area contributed by atoms with E-state index in [0.717, 1.165) is 23.2 Å². The highest BCUT2D eigenvalue weighted by Gasteiger charge is 2.21. The van der Waals surface area contributed by atoms with Gasteiger partial charge in [-0.05, 0) is 55.3 Å². The topological polar surface area (TPSA) is 55.3 Å². The molecule has 0 radical (unpaired) electrons. The summed E-state index contributed by atoms with van der Waals surface area (Å²) in [7, 11) is 1.62. The largest absolute Gasteiger partial charge is 0.494 e. The van der Waals surface area contributed by atoms with Crippen molar-refractivity contribution in [1.29, 1.82) is 0 Å². The maximum atomic E-state index is 13.3. The minimum Gasteiger partial charge on any atom is -0.494 e. The van der Waals surface area contributed by atoms with Crippen LogP contribution in [0.3, 0.4) is 0 Å². The predicted molar refractivity (Wildman–Crippen MR) is 110 cm³/mol. The van der Waals surface area contributed by atoms with Gasteiger partial charge in [-0.1, -0.05) is 19.1 Å². The van der Waals surface area contributed by atoms with Gasteiger partial charge < -0.3 is 9.64 Å². The summed E-state index contributed by atoms with van der Waals surface area (Å²) < 4.78 is 5.42. The summed E-state index contributed by atoms with van der Waals surface area (Å²) in [6.07, 6.45) is 6.11. The fraction of sp³-hybridized carbons (Fsp3) is 0.261. The number of aromatic nitrogens is 2. The molecule has 3 aromatic rings. The number of carbonyl (C=O) groups excluding carboxylic acids is 1. The van der Waals surface area contributed by atoms with Crippen LogP contribution in [-0.2, 0) is 6.54 Å². The van der Waals surface area contributed by atoms with Gasteiger partial charge in [0.05, 0.1) is 7.11 Å². The van der Waals surface area contributed by atoms with Gasteiger partial charge in [-0.15, -0.1) is 0 Å². The Morgan fingerprint density at radius 2 is 1.89 bits per heavy atom. The lowest BCUT2D eigenvalue weighted by Crippen LogP contribution is -2.37. The summed E-state index contributed by atoms with van der Waals surface area (Å²) in [5.41, 5.74) is 3.28. The number of hydrogen-bond donors (Lipinski definition) is 0. The first-order chi connectivity index (χ1) is 13.6. The Hall–Kier alpha value is -3.21. The van der Waals surface area contributed by atoms with Crippen molar-refractivity contribution in [2.24, 2.45) is 0 Å². The first kappa shape index (κ1) is 19.5. The van der Waals surface area contributed by atoms with Gasteiger partial charge in [0.25, 0.3) is 5.91 Å². The maximum absolute atomic E-state index is 13.3. The van der Waals surface area contributed by atoms with Crippen LogP contribution in [0.4, 0.5) is 0 Å². The maximum Gasteiger partial charge on any atom is 0.254 e. The first-order valence-electron chi connectivity index (χ1n) is 9.43. The molecule has 0 aliphatic rings. The lowest BCUT2D eigenvalue weighted by Gasteiger charge is -2.29. The zero-order chi connectivity index (χ0) is 19.9. The van der Waals surface area contributed by atoms with E-state index in [1.807, 2.05) is 53.4 Å². The van der Waals surface area contributed by atoms with Crippen molar-refractivity contribution >= 4 is 5.91 Å². The normalized spacial score (nSPS) is 11.7. The average molecular weight is 375 g/mol. The summed E-state index contributed by atoms with van der Waals surface area (Å²) in [5, 5.41) is 0. The third-order valence-electron chi connectivity index (χ3n) is 4.86. The molecule has 0 aliphatic carbocycles. The second-order valence-electron chi connectivity index (χ2n) is 6.68. The van der Waals surface area contributed by atoms with Crippen LogP contribution in [-0.4, -0.2) is 33.9 Å². The van der Waals surface area contributed by atoms with Gasteiger partial charge >= 0.3 is 0 Å². The molecule has 0 spiro atoms. The van der Waals surface area contributed by atoms with Crippen LogP contribution in [0.25, 0.3) is 11.3 Å². The molecule has 5 nitrogen and oxygen atoms in total. The van der Waals surface area contributed by atoms with Crippen molar-refractivity contribution in [3.05, 3.63) is 78.2 Å². The Kier molecular flexibility index (Phi) is 6.37. The van der Waals surface area contributed by atoms with E-state index in [4.69, 9.17) is 4.74 Å². The summed E-state index contributed by atoms with van der Waals surface area (Å²) in [6.45, 7) is 4.71. The van der Waals surface area contributed by atoms with E-state index in [0.29, 0.717) is 17.9 Å². The number of nitrogens with zero attached hydrogens (tertiary/aromatic N) is 3. The third kappa shape index (κ3) is 4.36. The number of ether oxygens (including phenoxy) is 1.